The first-order valence-electron chi connectivity index (χ1n) is 9.17. The van der Waals surface area contributed by atoms with Gasteiger partial charge in [0.1, 0.15) is 0 Å². The molecule has 5 heteroatoms. The Hall–Kier alpha value is -2.50. The van der Waals surface area contributed by atoms with E-state index in [1.165, 1.54) is 0 Å². The fourth-order valence-electron chi connectivity index (χ4n) is 3.70. The SMILES string of the molecule is Cc1scc(C(=O)N[C@H](c2ccccn2)C2CC(O)C2)c1-c1ccccc1. The Bertz CT molecular complexity index is 918. The minimum absolute atomic E-state index is 0.0877. The van der Waals surface area contributed by atoms with E-state index >= 15 is 0 Å². The maximum atomic E-state index is 13.2. The zero-order valence-electron chi connectivity index (χ0n) is 15.1. The predicted molar refractivity (Wildman–Crippen MR) is 108 cm³/mol. The minimum atomic E-state index is -0.276. The molecular weight excluding hydrogens is 356 g/mol. The van der Waals surface area contributed by atoms with Crippen LogP contribution in [0, 0.1) is 12.8 Å². The third-order valence-electron chi connectivity index (χ3n) is 5.20. The lowest BCUT2D eigenvalue weighted by molar-refractivity contribution is 0.0228. The van der Waals surface area contributed by atoms with Crippen LogP contribution in [0.4, 0.5) is 0 Å². The highest BCUT2D eigenvalue weighted by molar-refractivity contribution is 7.10. The first kappa shape index (κ1) is 17.9. The molecule has 1 aromatic carbocycles. The molecule has 1 saturated carbocycles. The second kappa shape index (κ2) is 7.62. The van der Waals surface area contributed by atoms with Gasteiger partial charge < -0.3 is 10.4 Å². The summed E-state index contributed by atoms with van der Waals surface area (Å²) in [4.78, 5) is 18.7. The Labute approximate surface area is 162 Å². The number of aliphatic hydroxyl groups is 1. The summed E-state index contributed by atoms with van der Waals surface area (Å²) in [6.07, 6.45) is 2.85. The van der Waals surface area contributed by atoms with Gasteiger partial charge in [-0.25, -0.2) is 0 Å². The van der Waals surface area contributed by atoms with Crippen molar-refractivity contribution < 1.29 is 9.90 Å². The summed E-state index contributed by atoms with van der Waals surface area (Å²) < 4.78 is 0. The van der Waals surface area contributed by atoms with Crippen molar-refractivity contribution >= 4 is 17.2 Å². The Morgan fingerprint density at radius 1 is 1.19 bits per heavy atom. The number of aryl methyl sites for hydroxylation is 1. The third kappa shape index (κ3) is 3.66. The highest BCUT2D eigenvalue weighted by Gasteiger charge is 2.36. The molecule has 1 amide bonds. The second-order valence-corrected chi connectivity index (χ2v) is 8.12. The van der Waals surface area contributed by atoms with Crippen LogP contribution in [0.1, 0.15) is 39.8 Å². The number of amides is 1. The van der Waals surface area contributed by atoms with Crippen molar-refractivity contribution in [2.24, 2.45) is 5.92 Å². The zero-order valence-corrected chi connectivity index (χ0v) is 15.9. The molecule has 138 valence electrons. The standard InChI is InChI=1S/C22H22N2O2S/c1-14-20(15-7-3-2-4-8-15)18(13-27-14)22(26)24-21(16-11-17(25)12-16)19-9-5-6-10-23-19/h2-10,13,16-17,21,25H,11-12H2,1H3,(H,24,26)/t16?,17?,21-/m0/s1. The highest BCUT2D eigenvalue weighted by atomic mass is 32.1. The van der Waals surface area contributed by atoms with Crippen LogP contribution in [0.15, 0.2) is 60.1 Å². The fraction of sp³-hybridized carbons (Fsp3) is 0.273. The lowest BCUT2D eigenvalue weighted by atomic mass is 9.76. The number of nitrogens with zero attached hydrogens (tertiary/aromatic N) is 1. The van der Waals surface area contributed by atoms with Crippen LogP contribution >= 0.6 is 11.3 Å². The van der Waals surface area contributed by atoms with Gasteiger partial charge in [-0.05, 0) is 43.4 Å². The van der Waals surface area contributed by atoms with E-state index in [9.17, 15) is 9.90 Å². The van der Waals surface area contributed by atoms with Crippen molar-refractivity contribution in [3.8, 4) is 11.1 Å². The van der Waals surface area contributed by atoms with Gasteiger partial charge in [0.15, 0.2) is 0 Å². The zero-order chi connectivity index (χ0) is 18.8. The maximum Gasteiger partial charge on any atom is 0.253 e. The van der Waals surface area contributed by atoms with E-state index in [1.54, 1.807) is 17.5 Å². The maximum absolute atomic E-state index is 13.2. The van der Waals surface area contributed by atoms with E-state index in [2.05, 4.69) is 10.3 Å². The normalized spacial score (nSPS) is 19.9. The number of hydrogen-bond donors (Lipinski definition) is 2. The van der Waals surface area contributed by atoms with Crippen molar-refractivity contribution in [3.63, 3.8) is 0 Å². The van der Waals surface area contributed by atoms with Crippen LogP contribution in [0.5, 0.6) is 0 Å². The Morgan fingerprint density at radius 3 is 2.59 bits per heavy atom. The average Bonchev–Trinajstić information content (AvgIpc) is 3.07. The summed E-state index contributed by atoms with van der Waals surface area (Å²) in [6, 6.07) is 15.6. The molecule has 0 aliphatic heterocycles. The second-order valence-electron chi connectivity index (χ2n) is 7.04. The number of thiophene rings is 1. The monoisotopic (exact) mass is 378 g/mol. The van der Waals surface area contributed by atoms with Crippen LogP contribution in [-0.4, -0.2) is 22.1 Å². The third-order valence-corrected chi connectivity index (χ3v) is 6.11. The number of hydrogen-bond acceptors (Lipinski definition) is 4. The smallest absolute Gasteiger partial charge is 0.253 e. The van der Waals surface area contributed by atoms with Crippen LogP contribution in [0.3, 0.4) is 0 Å². The summed E-state index contributed by atoms with van der Waals surface area (Å²) in [7, 11) is 0. The van der Waals surface area contributed by atoms with Crippen molar-refractivity contribution in [2.75, 3.05) is 0 Å². The first-order valence-corrected chi connectivity index (χ1v) is 10.0. The van der Waals surface area contributed by atoms with Gasteiger partial charge in [-0.15, -0.1) is 11.3 Å². The number of carbonyl (C=O) groups is 1. The predicted octanol–water partition coefficient (Wildman–Crippen LogP) is 4.36. The highest BCUT2D eigenvalue weighted by Crippen LogP contribution is 2.38. The summed E-state index contributed by atoms with van der Waals surface area (Å²) in [5.74, 6) is 0.119. The lowest BCUT2D eigenvalue weighted by Crippen LogP contribution is -2.41. The van der Waals surface area contributed by atoms with Crippen LogP contribution in [0.25, 0.3) is 11.1 Å². The van der Waals surface area contributed by atoms with E-state index in [0.29, 0.717) is 18.4 Å². The van der Waals surface area contributed by atoms with Crippen LogP contribution in [-0.2, 0) is 0 Å². The molecular formula is C22H22N2O2S. The Kier molecular flexibility index (Phi) is 5.05. The lowest BCUT2D eigenvalue weighted by Gasteiger charge is -2.37. The molecule has 0 radical (unpaired) electrons. The van der Waals surface area contributed by atoms with Gasteiger partial charge in [0.05, 0.1) is 23.4 Å². The molecule has 0 unspecified atom stereocenters. The van der Waals surface area contributed by atoms with Gasteiger partial charge in [-0.1, -0.05) is 36.4 Å². The molecule has 1 atom stereocenters. The molecule has 2 N–H and O–H groups in total. The summed E-state index contributed by atoms with van der Waals surface area (Å²) in [5, 5.41) is 14.8. The van der Waals surface area contributed by atoms with E-state index in [1.807, 2.05) is 60.8 Å². The number of aromatic nitrogens is 1. The van der Waals surface area contributed by atoms with Crippen molar-refractivity contribution in [2.45, 2.75) is 31.9 Å². The molecule has 4 nitrogen and oxygen atoms in total. The van der Waals surface area contributed by atoms with E-state index < -0.39 is 0 Å². The van der Waals surface area contributed by atoms with Gasteiger partial charge in [0, 0.05) is 22.0 Å². The molecule has 0 saturated heterocycles. The number of pyridine rings is 1. The van der Waals surface area contributed by atoms with E-state index in [4.69, 9.17) is 0 Å². The molecule has 4 rings (SSSR count). The van der Waals surface area contributed by atoms with Gasteiger partial charge in [0.25, 0.3) is 5.91 Å². The minimum Gasteiger partial charge on any atom is -0.393 e. The number of rotatable bonds is 5. The molecule has 0 spiro atoms. The molecule has 1 fully saturated rings. The van der Waals surface area contributed by atoms with Gasteiger partial charge in [0.2, 0.25) is 0 Å². The first-order chi connectivity index (χ1) is 13.1. The molecule has 1 aliphatic rings. The van der Waals surface area contributed by atoms with E-state index in [0.717, 1.165) is 21.7 Å². The molecule has 27 heavy (non-hydrogen) atoms. The number of nitrogens with one attached hydrogen (secondary N) is 1. The van der Waals surface area contributed by atoms with Crippen LogP contribution in [0.2, 0.25) is 0 Å². The summed E-state index contributed by atoms with van der Waals surface area (Å²) in [5.41, 5.74) is 3.59. The topological polar surface area (TPSA) is 62.2 Å². The largest absolute Gasteiger partial charge is 0.393 e. The summed E-state index contributed by atoms with van der Waals surface area (Å²) in [6.45, 7) is 2.04. The van der Waals surface area contributed by atoms with Crippen molar-refractivity contribution in [3.05, 3.63) is 76.2 Å². The van der Waals surface area contributed by atoms with Crippen molar-refractivity contribution in [1.29, 1.82) is 0 Å². The Balaban J connectivity index is 1.63. The van der Waals surface area contributed by atoms with Gasteiger partial charge in [-0.2, -0.15) is 0 Å². The summed E-state index contributed by atoms with van der Waals surface area (Å²) >= 11 is 1.59. The molecule has 0 bridgehead atoms. The average molecular weight is 378 g/mol. The molecule has 2 aromatic heterocycles. The van der Waals surface area contributed by atoms with Crippen LogP contribution < -0.4 is 5.32 Å². The molecule has 1 aliphatic carbocycles. The fourth-order valence-corrected chi connectivity index (χ4v) is 4.56. The van der Waals surface area contributed by atoms with Crippen molar-refractivity contribution in [1.82, 2.24) is 10.3 Å². The van der Waals surface area contributed by atoms with E-state index in [-0.39, 0.29) is 24.0 Å². The molecule has 3 aromatic rings. The number of carbonyl (C=O) groups excluding carboxylic acids is 1. The Morgan fingerprint density at radius 2 is 1.93 bits per heavy atom. The van der Waals surface area contributed by atoms with Gasteiger partial charge in [-0.3, -0.25) is 9.78 Å². The number of benzene rings is 1. The van der Waals surface area contributed by atoms with Gasteiger partial charge >= 0.3 is 0 Å². The molecule has 2 heterocycles. The quantitative estimate of drug-likeness (QED) is 0.693. The number of aliphatic hydroxyl groups excluding tert-OH is 1.